The summed E-state index contributed by atoms with van der Waals surface area (Å²) >= 11 is 0. The number of hydrogen-bond acceptors (Lipinski definition) is 12. The minimum atomic E-state index is -1.46. The molecular formula is C62H92O12. The highest BCUT2D eigenvalue weighted by atomic mass is 16.7. The van der Waals surface area contributed by atoms with E-state index in [1.165, 1.54) is 22.3 Å². The Labute approximate surface area is 443 Å². The molecule has 0 radical (unpaired) electrons. The molecule has 0 bridgehead atoms. The van der Waals surface area contributed by atoms with Gasteiger partial charge in [0.05, 0.1) is 26.4 Å². The van der Waals surface area contributed by atoms with E-state index in [4.69, 9.17) is 18.9 Å². The smallest absolute Gasteiger partial charge is 0.187 e. The van der Waals surface area contributed by atoms with Crippen molar-refractivity contribution in [3.8, 4) is 0 Å². The third-order valence-corrected chi connectivity index (χ3v) is 15.7. The SMILES string of the molecule is CC1=CC[C@H](C/C=C(\C)CO[C@@H]2O[C@H](CO)[C@@H](O)[C@H](O)[C@H]2O)C(C)(C)[C@@H]1/C=C/C(C)=C/C=C/C(C)=C/C=C/C=C(C)/C=C/C=C(C)/C=C/[C@H]1C(C)=CC[C@H](C/C=C(\C)CO[C@@H]2O[C@@H](CO)[C@@H](O)[C@H](O)[C@H]2O)C1(C)C. The van der Waals surface area contributed by atoms with Crippen LogP contribution in [0.2, 0.25) is 0 Å². The van der Waals surface area contributed by atoms with Gasteiger partial charge in [-0.15, -0.1) is 0 Å². The van der Waals surface area contributed by atoms with Crippen molar-refractivity contribution in [2.75, 3.05) is 26.4 Å². The standard InChI is InChI=1S/C62H92O12/c1-39(19-15-21-41(3)25-33-49-45(7)27-31-47(61(49,9)10)29-23-43(5)37-71-59-57(69)55(67)53(65)51(35-63)73-59)17-13-14-18-40(2)20-16-22-42(4)26-34-50-46(8)28-32-48(62(50,11)12)30-24-44(6)38-72-60-58(70)56(68)54(66)52(36-64)74-60/h13-28,33-34,47-60,63-70H,29-32,35-38H2,1-12H3/b14-13+,19-15+,20-16+,33-25+,34-26+,39-17+,40-18+,41-21+,42-22+,43-23+,44-24+/t47-,48-,49-,50+,51-,52+,53+,54+,55-,56-,57+,58+,59+,60+/m0/s1. The van der Waals surface area contributed by atoms with Gasteiger partial charge in [0.25, 0.3) is 0 Å². The van der Waals surface area contributed by atoms with E-state index in [0.29, 0.717) is 11.8 Å². The number of ether oxygens (including phenoxy) is 4. The molecule has 12 heteroatoms. The number of rotatable bonds is 22. The summed E-state index contributed by atoms with van der Waals surface area (Å²) in [6.07, 6.45) is 29.9. The maximum atomic E-state index is 10.3. The van der Waals surface area contributed by atoms with Gasteiger partial charge in [0.2, 0.25) is 0 Å². The molecule has 2 fully saturated rings. The molecule has 0 aromatic carbocycles. The Balaban J connectivity index is 1.23. The van der Waals surface area contributed by atoms with E-state index < -0.39 is 74.6 Å². The van der Waals surface area contributed by atoms with E-state index in [0.717, 1.165) is 48.0 Å². The first-order valence-electron chi connectivity index (χ1n) is 26.5. The second kappa shape index (κ2) is 29.6. The summed E-state index contributed by atoms with van der Waals surface area (Å²) < 4.78 is 22.5. The topological polar surface area (TPSA) is 199 Å². The summed E-state index contributed by atoms with van der Waals surface area (Å²) in [4.78, 5) is 0. The number of aliphatic hydroxyl groups is 8. The van der Waals surface area contributed by atoms with Crippen LogP contribution in [0.15, 0.2) is 154 Å². The van der Waals surface area contributed by atoms with Crippen molar-refractivity contribution in [2.45, 2.75) is 170 Å². The Bertz CT molecular complexity index is 2070. The first kappa shape index (κ1) is 62.7. The van der Waals surface area contributed by atoms with Gasteiger partial charge in [-0.1, -0.05) is 182 Å². The van der Waals surface area contributed by atoms with Gasteiger partial charge >= 0.3 is 0 Å². The van der Waals surface area contributed by atoms with Crippen LogP contribution in [0.5, 0.6) is 0 Å². The molecule has 2 saturated heterocycles. The quantitative estimate of drug-likeness (QED) is 0.0379. The molecule has 0 amide bonds. The Kier molecular flexibility index (Phi) is 25.1. The Morgan fingerprint density at radius 2 is 0.851 bits per heavy atom. The third-order valence-electron chi connectivity index (χ3n) is 15.7. The van der Waals surface area contributed by atoms with Gasteiger partial charge in [0.1, 0.15) is 48.8 Å². The van der Waals surface area contributed by atoms with Gasteiger partial charge in [-0.3, -0.25) is 0 Å². The second-order valence-electron chi connectivity index (χ2n) is 22.4. The van der Waals surface area contributed by atoms with E-state index in [2.05, 4.69) is 179 Å². The Hall–Kier alpha value is -3.86. The summed E-state index contributed by atoms with van der Waals surface area (Å²) in [5.74, 6) is 1.35. The van der Waals surface area contributed by atoms with E-state index in [9.17, 15) is 40.9 Å². The minimum absolute atomic E-state index is 0.00475. The van der Waals surface area contributed by atoms with Crippen molar-refractivity contribution in [1.29, 1.82) is 0 Å². The summed E-state index contributed by atoms with van der Waals surface area (Å²) in [5, 5.41) is 79.9. The lowest BCUT2D eigenvalue weighted by atomic mass is 9.61. The lowest BCUT2D eigenvalue weighted by molar-refractivity contribution is -0.299. The lowest BCUT2D eigenvalue weighted by Gasteiger charge is -2.43. The second-order valence-corrected chi connectivity index (χ2v) is 22.4. The summed E-state index contributed by atoms with van der Waals surface area (Å²) in [5.41, 5.74) is 9.30. The Morgan fingerprint density at radius 3 is 1.20 bits per heavy atom. The highest BCUT2D eigenvalue weighted by Crippen LogP contribution is 2.49. The van der Waals surface area contributed by atoms with Crippen LogP contribution in [0.25, 0.3) is 0 Å². The fourth-order valence-corrected chi connectivity index (χ4v) is 10.3. The van der Waals surface area contributed by atoms with Crippen molar-refractivity contribution in [3.63, 3.8) is 0 Å². The average molecular weight is 1030 g/mol. The number of hydrogen-bond donors (Lipinski definition) is 8. The maximum Gasteiger partial charge on any atom is 0.187 e. The average Bonchev–Trinajstić information content (AvgIpc) is 3.34. The van der Waals surface area contributed by atoms with Crippen molar-refractivity contribution in [2.24, 2.45) is 34.5 Å². The molecule has 0 saturated carbocycles. The zero-order valence-corrected chi connectivity index (χ0v) is 46.3. The zero-order chi connectivity index (χ0) is 54.9. The number of allylic oxidation sites excluding steroid dienone is 24. The van der Waals surface area contributed by atoms with Gasteiger partial charge in [-0.2, -0.15) is 0 Å². The molecule has 2 aliphatic carbocycles. The van der Waals surface area contributed by atoms with Gasteiger partial charge in [0, 0.05) is 11.8 Å². The van der Waals surface area contributed by atoms with Gasteiger partial charge < -0.3 is 59.8 Å². The monoisotopic (exact) mass is 1030 g/mol. The molecule has 8 N–H and O–H groups in total. The predicted molar refractivity (Wildman–Crippen MR) is 295 cm³/mol. The van der Waals surface area contributed by atoms with Crippen LogP contribution in [0.3, 0.4) is 0 Å². The van der Waals surface area contributed by atoms with E-state index in [1.54, 1.807) is 0 Å². The fraction of sp³-hybridized carbons (Fsp3) is 0.581. The van der Waals surface area contributed by atoms with Crippen LogP contribution in [-0.2, 0) is 18.9 Å². The molecular weight excluding hydrogens is 937 g/mol. The van der Waals surface area contributed by atoms with Crippen LogP contribution >= 0.6 is 0 Å². The van der Waals surface area contributed by atoms with E-state index in [1.807, 2.05) is 13.8 Å². The minimum Gasteiger partial charge on any atom is -0.394 e. The molecule has 0 spiro atoms. The molecule has 4 aliphatic rings. The summed E-state index contributed by atoms with van der Waals surface area (Å²) in [6, 6.07) is 0. The highest BCUT2D eigenvalue weighted by molar-refractivity contribution is 5.33. The maximum absolute atomic E-state index is 10.3. The molecule has 0 aromatic heterocycles. The molecule has 74 heavy (non-hydrogen) atoms. The van der Waals surface area contributed by atoms with Gasteiger partial charge in [0.15, 0.2) is 12.6 Å². The van der Waals surface area contributed by atoms with Crippen molar-refractivity contribution in [1.82, 2.24) is 0 Å². The zero-order valence-electron chi connectivity index (χ0n) is 46.3. The van der Waals surface area contributed by atoms with Gasteiger partial charge in [-0.05, 0) is 104 Å². The highest BCUT2D eigenvalue weighted by Gasteiger charge is 2.46. The van der Waals surface area contributed by atoms with Crippen molar-refractivity contribution >= 4 is 0 Å². The summed E-state index contributed by atoms with van der Waals surface area (Å²) in [7, 11) is 0. The molecule has 14 atom stereocenters. The van der Waals surface area contributed by atoms with Crippen molar-refractivity contribution in [3.05, 3.63) is 154 Å². The Morgan fingerprint density at radius 1 is 0.514 bits per heavy atom. The molecule has 0 aromatic rings. The first-order valence-corrected chi connectivity index (χ1v) is 26.5. The predicted octanol–water partition coefficient (Wildman–Crippen LogP) is 9.08. The summed E-state index contributed by atoms with van der Waals surface area (Å²) in [6.45, 7) is 25.5. The van der Waals surface area contributed by atoms with Crippen LogP contribution in [-0.4, -0.2) is 129 Å². The van der Waals surface area contributed by atoms with E-state index in [-0.39, 0.29) is 35.9 Å². The molecule has 2 heterocycles. The van der Waals surface area contributed by atoms with Crippen LogP contribution in [0, 0.1) is 34.5 Å². The molecule has 12 nitrogen and oxygen atoms in total. The van der Waals surface area contributed by atoms with Crippen LogP contribution in [0.4, 0.5) is 0 Å². The first-order chi connectivity index (χ1) is 34.9. The van der Waals surface area contributed by atoms with Crippen LogP contribution in [0.1, 0.15) is 109 Å². The molecule has 0 unspecified atom stereocenters. The van der Waals surface area contributed by atoms with Crippen LogP contribution < -0.4 is 0 Å². The van der Waals surface area contributed by atoms with E-state index >= 15 is 0 Å². The normalized spacial score (nSPS) is 34.2. The lowest BCUT2D eigenvalue weighted by Crippen LogP contribution is -2.59. The fourth-order valence-electron chi connectivity index (χ4n) is 10.3. The van der Waals surface area contributed by atoms with Crippen molar-refractivity contribution < 1.29 is 59.8 Å². The molecule has 2 aliphatic heterocycles. The number of aliphatic hydroxyl groups excluding tert-OH is 8. The third kappa shape index (κ3) is 17.9. The molecule has 4 rings (SSSR count). The largest absolute Gasteiger partial charge is 0.394 e. The van der Waals surface area contributed by atoms with Gasteiger partial charge in [-0.25, -0.2) is 0 Å². The molecule has 412 valence electrons.